The van der Waals surface area contributed by atoms with Crippen molar-refractivity contribution in [1.29, 1.82) is 0 Å². The molecule has 2 heterocycles. The lowest BCUT2D eigenvalue weighted by atomic mass is 10.1. The molecule has 8 nitrogen and oxygen atoms in total. The van der Waals surface area contributed by atoms with Crippen LogP contribution in [-0.2, 0) is 13.6 Å². The highest BCUT2D eigenvalue weighted by atomic mass is 35.5. The Balaban J connectivity index is 2.05. The molecule has 0 spiro atoms. The van der Waals surface area contributed by atoms with Crippen LogP contribution in [0.2, 0.25) is 5.02 Å². The molecule has 0 saturated carbocycles. The maximum atomic E-state index is 12.4. The molecule has 3 aromatic rings. The Bertz CT molecular complexity index is 1140. The third kappa shape index (κ3) is 4.01. The molecule has 0 aliphatic rings. The molecule has 1 aromatic carbocycles. The van der Waals surface area contributed by atoms with Crippen molar-refractivity contribution in [3.63, 3.8) is 0 Å². The van der Waals surface area contributed by atoms with Crippen molar-refractivity contribution >= 4 is 34.4 Å². The van der Waals surface area contributed by atoms with Crippen molar-refractivity contribution in [3.05, 3.63) is 55.7 Å². The molecule has 0 aliphatic heterocycles. The van der Waals surface area contributed by atoms with Gasteiger partial charge in [-0.1, -0.05) is 37.6 Å². The Morgan fingerprint density at radius 1 is 1.29 bits per heavy atom. The topological polar surface area (TPSA) is 97.1 Å². The number of aromatic nitrogens is 4. The summed E-state index contributed by atoms with van der Waals surface area (Å²) in [6.07, 6.45) is 0.850. The molecular weight excluding hydrogens is 380 g/mol. The van der Waals surface area contributed by atoms with E-state index < -0.39 is 11.2 Å². The number of fused-ring (bicyclic) bond motifs is 1. The summed E-state index contributed by atoms with van der Waals surface area (Å²) in [5.74, 6) is 0.854. The van der Waals surface area contributed by atoms with Gasteiger partial charge in [-0.15, -0.1) is 0 Å². The van der Waals surface area contributed by atoms with Gasteiger partial charge in [0, 0.05) is 18.6 Å². The summed E-state index contributed by atoms with van der Waals surface area (Å²) < 4.78 is 3.09. The monoisotopic (exact) mass is 402 g/mol. The SMILES string of the molecule is C/C(=N/Nc1nc2c(c(=O)[nH]c(=O)n2C)n1CCC(C)C)c1ccc(Cl)cc1. The number of imidazole rings is 1. The van der Waals surface area contributed by atoms with E-state index in [9.17, 15) is 9.59 Å². The number of rotatable bonds is 6. The van der Waals surface area contributed by atoms with Gasteiger partial charge in [0.25, 0.3) is 5.56 Å². The Morgan fingerprint density at radius 2 is 1.96 bits per heavy atom. The maximum Gasteiger partial charge on any atom is 0.329 e. The van der Waals surface area contributed by atoms with Crippen LogP contribution < -0.4 is 16.7 Å². The summed E-state index contributed by atoms with van der Waals surface area (Å²) >= 11 is 5.93. The number of anilines is 1. The summed E-state index contributed by atoms with van der Waals surface area (Å²) in [5.41, 5.74) is 4.31. The summed E-state index contributed by atoms with van der Waals surface area (Å²) in [6.45, 7) is 6.65. The third-order valence-corrected chi connectivity index (χ3v) is 4.77. The fraction of sp³-hybridized carbons (Fsp3) is 0.368. The Labute approximate surface area is 166 Å². The Morgan fingerprint density at radius 3 is 2.61 bits per heavy atom. The van der Waals surface area contributed by atoms with Crippen LogP contribution in [0.4, 0.5) is 5.95 Å². The molecule has 2 N–H and O–H groups in total. The molecular formula is C19H23ClN6O2. The number of nitrogens with one attached hydrogen (secondary N) is 2. The van der Waals surface area contributed by atoms with Crippen LogP contribution in [0.25, 0.3) is 11.2 Å². The van der Waals surface area contributed by atoms with Crippen LogP contribution in [0.1, 0.15) is 32.8 Å². The molecule has 28 heavy (non-hydrogen) atoms. The lowest BCUT2D eigenvalue weighted by molar-refractivity contribution is 0.524. The lowest BCUT2D eigenvalue weighted by Crippen LogP contribution is -2.29. The number of halogens is 1. The zero-order valence-electron chi connectivity index (χ0n) is 16.3. The van der Waals surface area contributed by atoms with E-state index in [1.807, 2.05) is 19.1 Å². The van der Waals surface area contributed by atoms with E-state index >= 15 is 0 Å². The molecule has 148 valence electrons. The van der Waals surface area contributed by atoms with Gasteiger partial charge in [-0.2, -0.15) is 10.1 Å². The number of hydrogen-bond donors (Lipinski definition) is 2. The number of hydrazone groups is 1. The van der Waals surface area contributed by atoms with Crippen molar-refractivity contribution in [2.75, 3.05) is 5.43 Å². The minimum absolute atomic E-state index is 0.319. The van der Waals surface area contributed by atoms with Gasteiger partial charge in [-0.05, 0) is 37.0 Å². The molecule has 2 aromatic heterocycles. The second-order valence-corrected chi connectivity index (χ2v) is 7.51. The van der Waals surface area contributed by atoms with Gasteiger partial charge < -0.3 is 4.57 Å². The van der Waals surface area contributed by atoms with Crippen molar-refractivity contribution in [3.8, 4) is 0 Å². The number of hydrogen-bond acceptors (Lipinski definition) is 5. The second-order valence-electron chi connectivity index (χ2n) is 7.08. The molecule has 0 atom stereocenters. The van der Waals surface area contributed by atoms with Gasteiger partial charge >= 0.3 is 5.69 Å². The van der Waals surface area contributed by atoms with Gasteiger partial charge in [0.1, 0.15) is 0 Å². The van der Waals surface area contributed by atoms with Crippen LogP contribution in [0.15, 0.2) is 39.0 Å². The fourth-order valence-corrected chi connectivity index (χ4v) is 2.94. The minimum atomic E-state index is -0.501. The van der Waals surface area contributed by atoms with E-state index in [2.05, 4.69) is 34.3 Å². The zero-order chi connectivity index (χ0) is 20.4. The van der Waals surface area contributed by atoms with Gasteiger partial charge in [-0.25, -0.2) is 10.2 Å². The van der Waals surface area contributed by atoms with Crippen molar-refractivity contribution in [2.24, 2.45) is 18.1 Å². The number of aromatic amines is 1. The first-order chi connectivity index (χ1) is 13.3. The number of nitrogens with zero attached hydrogens (tertiary/aromatic N) is 4. The molecule has 0 radical (unpaired) electrons. The normalized spacial score (nSPS) is 12.1. The smallest absolute Gasteiger partial charge is 0.303 e. The first-order valence-corrected chi connectivity index (χ1v) is 9.41. The average molecular weight is 403 g/mol. The maximum absolute atomic E-state index is 12.4. The minimum Gasteiger partial charge on any atom is -0.303 e. The largest absolute Gasteiger partial charge is 0.329 e. The molecule has 0 aliphatic carbocycles. The van der Waals surface area contributed by atoms with Crippen LogP contribution in [0, 0.1) is 5.92 Å². The first kappa shape index (κ1) is 19.9. The molecule has 0 bridgehead atoms. The number of H-pyrrole nitrogens is 1. The van der Waals surface area contributed by atoms with Gasteiger partial charge in [0.15, 0.2) is 11.2 Å². The van der Waals surface area contributed by atoms with Gasteiger partial charge in [0.2, 0.25) is 5.95 Å². The Kier molecular flexibility index (Phi) is 5.69. The summed E-state index contributed by atoms with van der Waals surface area (Å²) in [4.78, 5) is 31.1. The van der Waals surface area contributed by atoms with Crippen LogP contribution in [-0.4, -0.2) is 24.8 Å². The Hall–Kier alpha value is -2.87. The van der Waals surface area contributed by atoms with Crippen molar-refractivity contribution in [2.45, 2.75) is 33.7 Å². The van der Waals surface area contributed by atoms with E-state index in [-0.39, 0.29) is 0 Å². The quantitative estimate of drug-likeness (QED) is 0.489. The first-order valence-electron chi connectivity index (χ1n) is 9.03. The highest BCUT2D eigenvalue weighted by Crippen LogP contribution is 2.18. The van der Waals surface area contributed by atoms with E-state index in [4.69, 9.17) is 11.6 Å². The number of benzene rings is 1. The predicted octanol–water partition coefficient (Wildman–Crippen LogP) is 2.96. The van der Waals surface area contributed by atoms with Crippen LogP contribution >= 0.6 is 11.6 Å². The lowest BCUT2D eigenvalue weighted by Gasteiger charge is -2.10. The van der Waals surface area contributed by atoms with E-state index in [1.54, 1.807) is 23.7 Å². The fourth-order valence-electron chi connectivity index (χ4n) is 2.81. The number of aryl methyl sites for hydroxylation is 2. The van der Waals surface area contributed by atoms with E-state index in [0.29, 0.717) is 34.6 Å². The summed E-state index contributed by atoms with van der Waals surface area (Å²) in [7, 11) is 1.58. The molecule has 0 saturated heterocycles. The summed E-state index contributed by atoms with van der Waals surface area (Å²) in [6, 6.07) is 7.34. The van der Waals surface area contributed by atoms with Crippen molar-refractivity contribution < 1.29 is 0 Å². The van der Waals surface area contributed by atoms with Gasteiger partial charge in [0.05, 0.1) is 5.71 Å². The zero-order valence-corrected chi connectivity index (χ0v) is 17.0. The standard InChI is InChI=1S/C19H23ClN6O2/c1-11(2)9-10-26-15-16(25(4)19(28)22-17(15)27)21-18(26)24-23-12(3)13-5-7-14(20)8-6-13/h5-8,11H,9-10H2,1-4H3,(H,21,24)(H,22,27,28)/b23-12-. The second kappa shape index (κ2) is 8.02. The molecule has 3 rings (SSSR count). The van der Waals surface area contributed by atoms with Crippen LogP contribution in [0.3, 0.4) is 0 Å². The summed E-state index contributed by atoms with van der Waals surface area (Å²) in [5, 5.41) is 5.05. The molecule has 0 unspecified atom stereocenters. The van der Waals surface area contributed by atoms with Crippen molar-refractivity contribution in [1.82, 2.24) is 19.1 Å². The molecule has 0 fully saturated rings. The average Bonchev–Trinajstić information content (AvgIpc) is 3.02. The van der Waals surface area contributed by atoms with E-state index in [1.165, 1.54) is 4.57 Å². The third-order valence-electron chi connectivity index (χ3n) is 4.52. The predicted molar refractivity (Wildman–Crippen MR) is 112 cm³/mol. The highest BCUT2D eigenvalue weighted by Gasteiger charge is 2.17. The molecule has 9 heteroatoms. The molecule has 0 amide bonds. The van der Waals surface area contributed by atoms with Gasteiger partial charge in [-0.3, -0.25) is 14.3 Å². The van der Waals surface area contributed by atoms with Crippen LogP contribution in [0.5, 0.6) is 0 Å². The highest BCUT2D eigenvalue weighted by molar-refractivity contribution is 6.30. The van der Waals surface area contributed by atoms with E-state index in [0.717, 1.165) is 17.7 Å².